The van der Waals surface area contributed by atoms with Crippen molar-refractivity contribution in [2.45, 2.75) is 19.5 Å². The number of hydrogen-bond acceptors (Lipinski definition) is 7. The Morgan fingerprint density at radius 1 is 1.08 bits per heavy atom. The first kappa shape index (κ1) is 26.2. The topological polar surface area (TPSA) is 82.5 Å². The highest BCUT2D eigenvalue weighted by Crippen LogP contribution is 2.42. The lowest BCUT2D eigenvalue weighted by Crippen LogP contribution is -2.29. The molecular weight excluding hydrogens is 494 g/mol. The Bertz CT molecular complexity index is 1430. The minimum atomic E-state index is -0.762. The van der Waals surface area contributed by atoms with Gasteiger partial charge in [-0.15, -0.1) is 0 Å². The number of amides is 1. The van der Waals surface area contributed by atoms with Gasteiger partial charge in [-0.05, 0) is 60.5 Å². The molecule has 1 atom stereocenters. The van der Waals surface area contributed by atoms with Crippen LogP contribution in [0.5, 0.6) is 11.5 Å². The van der Waals surface area contributed by atoms with E-state index in [9.17, 15) is 14.7 Å². The number of ether oxygens (including phenoxy) is 2. The molecule has 202 valence electrons. The lowest BCUT2D eigenvalue weighted by Gasteiger charge is -2.28. The number of nitrogens with zero attached hydrogens (tertiary/aromatic N) is 3. The van der Waals surface area contributed by atoms with Crippen molar-refractivity contribution in [1.82, 2.24) is 4.90 Å². The second-order valence-electron chi connectivity index (χ2n) is 9.95. The molecule has 8 heteroatoms. The molecule has 39 heavy (non-hydrogen) atoms. The number of benzene rings is 3. The molecule has 2 heterocycles. The van der Waals surface area contributed by atoms with E-state index in [0.717, 1.165) is 22.5 Å². The van der Waals surface area contributed by atoms with E-state index in [-0.39, 0.29) is 17.9 Å². The van der Waals surface area contributed by atoms with E-state index in [0.29, 0.717) is 36.8 Å². The second-order valence-corrected chi connectivity index (χ2v) is 9.95. The van der Waals surface area contributed by atoms with Gasteiger partial charge in [0, 0.05) is 38.9 Å². The molecular formula is C31H33N3O5. The maximum atomic E-state index is 13.5. The van der Waals surface area contributed by atoms with Crippen LogP contribution in [-0.4, -0.2) is 62.6 Å². The van der Waals surface area contributed by atoms with Gasteiger partial charge in [-0.2, -0.15) is 0 Å². The summed E-state index contributed by atoms with van der Waals surface area (Å²) in [4.78, 5) is 32.5. The molecule has 1 unspecified atom stereocenters. The number of aliphatic hydroxyl groups is 1. The van der Waals surface area contributed by atoms with Crippen molar-refractivity contribution >= 4 is 28.8 Å². The fraction of sp³-hybridized carbons (Fsp3) is 0.290. The maximum absolute atomic E-state index is 13.5. The number of rotatable bonds is 7. The van der Waals surface area contributed by atoms with Crippen molar-refractivity contribution in [3.05, 3.63) is 89.0 Å². The van der Waals surface area contributed by atoms with Crippen LogP contribution in [0, 0.1) is 0 Å². The fourth-order valence-electron chi connectivity index (χ4n) is 5.09. The summed E-state index contributed by atoms with van der Waals surface area (Å²) in [5.74, 6) is -0.164. The van der Waals surface area contributed by atoms with Crippen molar-refractivity contribution in [3.8, 4) is 11.5 Å². The summed E-state index contributed by atoms with van der Waals surface area (Å²) in [5.41, 5.74) is 3.89. The molecule has 1 N–H and O–H groups in total. The Morgan fingerprint density at radius 2 is 1.85 bits per heavy atom. The van der Waals surface area contributed by atoms with Crippen LogP contribution in [0.4, 0.5) is 11.4 Å². The first-order valence-corrected chi connectivity index (χ1v) is 13.0. The molecule has 2 aliphatic rings. The van der Waals surface area contributed by atoms with E-state index in [1.807, 2.05) is 86.4 Å². The van der Waals surface area contributed by atoms with Crippen LogP contribution in [0.1, 0.15) is 29.7 Å². The molecule has 1 amide bonds. The Hall–Kier alpha value is -4.46. The average molecular weight is 528 g/mol. The molecule has 0 aromatic heterocycles. The van der Waals surface area contributed by atoms with Crippen LogP contribution in [0.2, 0.25) is 0 Å². The Labute approximate surface area is 228 Å². The molecule has 0 saturated carbocycles. The second kappa shape index (κ2) is 10.7. The van der Waals surface area contributed by atoms with E-state index in [1.54, 1.807) is 18.2 Å². The summed E-state index contributed by atoms with van der Waals surface area (Å²) in [6, 6.07) is 19.7. The van der Waals surface area contributed by atoms with Crippen LogP contribution >= 0.6 is 0 Å². The minimum Gasteiger partial charge on any atom is -0.507 e. The normalized spacial score (nSPS) is 18.1. The molecule has 1 saturated heterocycles. The van der Waals surface area contributed by atoms with E-state index in [2.05, 4.69) is 0 Å². The van der Waals surface area contributed by atoms with Gasteiger partial charge in [-0.25, -0.2) is 0 Å². The summed E-state index contributed by atoms with van der Waals surface area (Å²) in [6.45, 7) is 3.90. The number of hydrogen-bond donors (Lipinski definition) is 1. The molecule has 2 aliphatic heterocycles. The number of likely N-dealkylation sites (N-methyl/N-ethyl adjacent to an activating group) is 1. The lowest BCUT2D eigenvalue weighted by molar-refractivity contribution is -0.140. The largest absolute Gasteiger partial charge is 0.507 e. The summed E-state index contributed by atoms with van der Waals surface area (Å²) < 4.78 is 11.4. The molecule has 1 fully saturated rings. The zero-order valence-electron chi connectivity index (χ0n) is 22.7. The number of carbonyl (C=O) groups excluding carboxylic acids is 2. The molecule has 3 aromatic rings. The number of aliphatic hydroxyl groups excluding tert-OH is 1. The van der Waals surface area contributed by atoms with Gasteiger partial charge in [0.2, 0.25) is 0 Å². The average Bonchev–Trinajstić information content (AvgIpc) is 3.18. The van der Waals surface area contributed by atoms with Gasteiger partial charge >= 0.3 is 0 Å². The van der Waals surface area contributed by atoms with E-state index < -0.39 is 17.7 Å². The van der Waals surface area contributed by atoms with Crippen molar-refractivity contribution in [2.24, 2.45) is 0 Å². The Morgan fingerprint density at radius 3 is 2.56 bits per heavy atom. The SMILES string of the molecule is CCOc1cccc(CN2C(=O)C(=O)/C(=C(\O)c3ccc4c(c3)N(C)CCO4)C2c2ccc(N(C)C)cc2)c1. The molecule has 5 rings (SSSR count). The molecule has 0 radical (unpaired) electrons. The number of fused-ring (bicyclic) bond motifs is 1. The number of carbonyl (C=O) groups is 2. The van der Waals surface area contributed by atoms with E-state index >= 15 is 0 Å². The third kappa shape index (κ3) is 5.02. The van der Waals surface area contributed by atoms with E-state index in [1.165, 1.54) is 4.90 Å². The third-order valence-electron chi connectivity index (χ3n) is 7.16. The van der Waals surface area contributed by atoms with Crippen LogP contribution in [0.15, 0.2) is 72.3 Å². The summed E-state index contributed by atoms with van der Waals surface area (Å²) in [7, 11) is 5.85. The van der Waals surface area contributed by atoms with Crippen LogP contribution < -0.4 is 19.3 Å². The first-order chi connectivity index (χ1) is 18.8. The van der Waals surface area contributed by atoms with Gasteiger partial charge in [0.25, 0.3) is 11.7 Å². The fourth-order valence-corrected chi connectivity index (χ4v) is 5.09. The number of ketones is 1. The van der Waals surface area contributed by atoms with Crippen LogP contribution in [0.25, 0.3) is 5.76 Å². The van der Waals surface area contributed by atoms with Crippen LogP contribution in [0.3, 0.4) is 0 Å². The monoisotopic (exact) mass is 527 g/mol. The van der Waals surface area contributed by atoms with Gasteiger partial charge in [0.15, 0.2) is 0 Å². The molecule has 8 nitrogen and oxygen atoms in total. The minimum absolute atomic E-state index is 0.0675. The standard InChI is InChI=1S/C31H33N3O5/c1-5-38-24-8-6-7-20(17-24)19-34-28(21-9-12-23(13-10-21)32(2)3)27(30(36)31(34)37)29(35)22-11-14-26-25(18-22)33(4)15-16-39-26/h6-14,17-18,28,35H,5,15-16,19H2,1-4H3/b29-27-. The van der Waals surface area contributed by atoms with Crippen molar-refractivity contribution in [3.63, 3.8) is 0 Å². The smallest absolute Gasteiger partial charge is 0.295 e. The highest BCUT2D eigenvalue weighted by atomic mass is 16.5. The molecule has 0 aliphatic carbocycles. The van der Waals surface area contributed by atoms with Crippen molar-refractivity contribution in [1.29, 1.82) is 0 Å². The van der Waals surface area contributed by atoms with Gasteiger partial charge in [0.05, 0.1) is 30.5 Å². The predicted octanol–water partition coefficient (Wildman–Crippen LogP) is 4.60. The van der Waals surface area contributed by atoms with Crippen molar-refractivity contribution in [2.75, 3.05) is 50.7 Å². The van der Waals surface area contributed by atoms with Crippen molar-refractivity contribution < 1.29 is 24.2 Å². The summed E-state index contributed by atoms with van der Waals surface area (Å²) in [6.07, 6.45) is 0. The van der Waals surface area contributed by atoms with Gasteiger partial charge in [-0.1, -0.05) is 24.3 Å². The number of likely N-dealkylation sites (tertiary alicyclic amines) is 1. The lowest BCUT2D eigenvalue weighted by atomic mass is 9.94. The number of anilines is 2. The molecule has 0 spiro atoms. The van der Waals surface area contributed by atoms with Gasteiger partial charge in [-0.3, -0.25) is 9.59 Å². The summed E-state index contributed by atoms with van der Waals surface area (Å²) in [5, 5.41) is 11.6. The highest BCUT2D eigenvalue weighted by Gasteiger charge is 2.46. The Balaban J connectivity index is 1.61. The van der Waals surface area contributed by atoms with E-state index in [4.69, 9.17) is 9.47 Å². The first-order valence-electron chi connectivity index (χ1n) is 13.0. The highest BCUT2D eigenvalue weighted by molar-refractivity contribution is 6.46. The quantitative estimate of drug-likeness (QED) is 0.273. The third-order valence-corrected chi connectivity index (χ3v) is 7.16. The zero-order chi connectivity index (χ0) is 27.7. The molecule has 0 bridgehead atoms. The number of Topliss-reactive ketones (excluding diaryl/α,β-unsaturated/α-hetero) is 1. The zero-order valence-corrected chi connectivity index (χ0v) is 22.7. The predicted molar refractivity (Wildman–Crippen MR) is 151 cm³/mol. The molecule has 3 aromatic carbocycles. The Kier molecular flexibility index (Phi) is 7.19. The van der Waals surface area contributed by atoms with Gasteiger partial charge < -0.3 is 29.3 Å². The van der Waals surface area contributed by atoms with Crippen LogP contribution in [-0.2, 0) is 16.1 Å². The maximum Gasteiger partial charge on any atom is 0.295 e. The van der Waals surface area contributed by atoms with Gasteiger partial charge in [0.1, 0.15) is 23.9 Å². The summed E-state index contributed by atoms with van der Waals surface area (Å²) >= 11 is 0.